The van der Waals surface area contributed by atoms with Gasteiger partial charge in [0, 0.05) is 0 Å². The number of rotatable bonds is 1. The second kappa shape index (κ2) is 4.30. The minimum absolute atomic E-state index is 0.134. The monoisotopic (exact) mass is 171 g/mol. The Hall–Kier alpha value is -0.770. The van der Waals surface area contributed by atoms with Crippen molar-refractivity contribution in [3.05, 3.63) is 0 Å². The molecule has 4 nitrogen and oxygen atoms in total. The quantitative estimate of drug-likeness (QED) is 0.311. The van der Waals surface area contributed by atoms with Gasteiger partial charge in [0.15, 0.2) is 0 Å². The van der Waals surface area contributed by atoms with Gasteiger partial charge in [0.1, 0.15) is 0 Å². The number of hydrogen-bond donors (Lipinski definition) is 3. The van der Waals surface area contributed by atoms with E-state index in [2.05, 4.69) is 11.9 Å². The minimum Gasteiger partial charge on any atom is -0.368 e. The molecule has 1 saturated carbocycles. The van der Waals surface area contributed by atoms with Crippen molar-refractivity contribution in [1.29, 1.82) is 0 Å². The number of nitrogens with one attached hydrogen (secondary N) is 1. The summed E-state index contributed by atoms with van der Waals surface area (Å²) in [5.41, 5.74) is 7.18. The summed E-state index contributed by atoms with van der Waals surface area (Å²) in [6, 6.07) is 0.306. The molecule has 70 valence electrons. The van der Waals surface area contributed by atoms with Gasteiger partial charge in [0.05, 0.1) is 6.04 Å². The summed E-state index contributed by atoms with van der Waals surface area (Å²) in [4.78, 5) is 4.12. The zero-order valence-corrected chi connectivity index (χ0v) is 7.45. The molecular weight excluding hydrogens is 154 g/mol. The fourth-order valence-electron chi connectivity index (χ4n) is 1.60. The molecule has 4 heteroatoms. The fraction of sp³-hybridized carbons (Fsp3) is 0.875. The topological polar surface area (TPSA) is 70.6 Å². The number of hydrogen-bond acceptors (Lipinski definition) is 2. The van der Waals surface area contributed by atoms with Gasteiger partial charge in [0.25, 0.3) is 0 Å². The molecule has 0 radical (unpaired) electrons. The summed E-state index contributed by atoms with van der Waals surface area (Å²) in [6.07, 6.45) is 4.60. The highest BCUT2D eigenvalue weighted by Gasteiger charge is 2.17. The van der Waals surface area contributed by atoms with Crippen LogP contribution in [0.4, 0.5) is 0 Å². The Morgan fingerprint density at radius 1 is 1.42 bits per heavy atom. The molecule has 4 N–H and O–H groups in total. The van der Waals surface area contributed by atoms with E-state index in [1.54, 1.807) is 0 Å². The van der Waals surface area contributed by atoms with Gasteiger partial charge in [-0.25, -0.2) is 10.5 Å². The molecular formula is C8H17N3O. The fourth-order valence-corrected chi connectivity index (χ4v) is 1.60. The van der Waals surface area contributed by atoms with E-state index in [-0.39, 0.29) is 5.96 Å². The van der Waals surface area contributed by atoms with Crippen molar-refractivity contribution >= 4 is 5.96 Å². The molecule has 0 unspecified atom stereocenters. The zero-order valence-electron chi connectivity index (χ0n) is 7.45. The maximum atomic E-state index is 8.41. The SMILES string of the molecule is CC1CCC(N=C(N)NO)CC1. The highest BCUT2D eigenvalue weighted by molar-refractivity contribution is 5.76. The van der Waals surface area contributed by atoms with Crippen LogP contribution in [0, 0.1) is 5.92 Å². The molecule has 1 aliphatic rings. The molecule has 0 aromatic heterocycles. The van der Waals surface area contributed by atoms with Crippen molar-refractivity contribution in [2.24, 2.45) is 16.6 Å². The van der Waals surface area contributed by atoms with Crippen LogP contribution >= 0.6 is 0 Å². The molecule has 1 fully saturated rings. The molecule has 0 saturated heterocycles. The third-order valence-corrected chi connectivity index (χ3v) is 2.42. The average Bonchev–Trinajstić information content (AvgIpc) is 2.09. The summed E-state index contributed by atoms with van der Waals surface area (Å²) in [6.45, 7) is 2.26. The molecule has 0 spiro atoms. The van der Waals surface area contributed by atoms with Crippen LogP contribution in [0.1, 0.15) is 32.6 Å². The molecule has 0 aromatic rings. The molecule has 12 heavy (non-hydrogen) atoms. The number of hydroxylamine groups is 1. The molecule has 0 aliphatic heterocycles. The average molecular weight is 171 g/mol. The minimum atomic E-state index is 0.134. The lowest BCUT2D eigenvalue weighted by atomic mass is 9.88. The number of aliphatic imine (C=N–C) groups is 1. The van der Waals surface area contributed by atoms with Crippen LogP contribution in [-0.2, 0) is 0 Å². The van der Waals surface area contributed by atoms with Crippen molar-refractivity contribution in [1.82, 2.24) is 5.48 Å². The van der Waals surface area contributed by atoms with Crippen molar-refractivity contribution in [3.8, 4) is 0 Å². The Morgan fingerprint density at radius 3 is 2.50 bits per heavy atom. The lowest BCUT2D eigenvalue weighted by Crippen LogP contribution is -2.31. The Morgan fingerprint density at radius 2 is 2.00 bits per heavy atom. The number of guanidine groups is 1. The largest absolute Gasteiger partial charge is 0.368 e. The highest BCUT2D eigenvalue weighted by atomic mass is 16.5. The van der Waals surface area contributed by atoms with Crippen LogP contribution < -0.4 is 11.2 Å². The van der Waals surface area contributed by atoms with Gasteiger partial charge in [0.2, 0.25) is 5.96 Å². The zero-order chi connectivity index (χ0) is 8.97. The molecule has 0 bridgehead atoms. The first kappa shape index (κ1) is 9.32. The molecule has 1 aliphatic carbocycles. The van der Waals surface area contributed by atoms with Gasteiger partial charge in [-0.05, 0) is 31.6 Å². The van der Waals surface area contributed by atoms with Gasteiger partial charge in [-0.2, -0.15) is 0 Å². The van der Waals surface area contributed by atoms with Crippen molar-refractivity contribution < 1.29 is 5.21 Å². The number of nitrogens with zero attached hydrogens (tertiary/aromatic N) is 1. The van der Waals surface area contributed by atoms with Gasteiger partial charge >= 0.3 is 0 Å². The van der Waals surface area contributed by atoms with Crippen molar-refractivity contribution in [2.75, 3.05) is 0 Å². The van der Waals surface area contributed by atoms with Crippen LogP contribution in [0.15, 0.2) is 4.99 Å². The Kier molecular flexibility index (Phi) is 3.34. The summed E-state index contributed by atoms with van der Waals surface area (Å²) >= 11 is 0. The van der Waals surface area contributed by atoms with Crippen LogP contribution in [0.3, 0.4) is 0 Å². The van der Waals surface area contributed by atoms with Gasteiger partial charge in [-0.3, -0.25) is 5.21 Å². The second-order valence-electron chi connectivity index (χ2n) is 3.54. The van der Waals surface area contributed by atoms with Crippen LogP contribution in [0.25, 0.3) is 0 Å². The summed E-state index contributed by atoms with van der Waals surface area (Å²) < 4.78 is 0. The van der Waals surface area contributed by atoms with Gasteiger partial charge in [-0.1, -0.05) is 6.92 Å². The Balaban J connectivity index is 2.35. The lowest BCUT2D eigenvalue weighted by molar-refractivity contribution is 0.231. The highest BCUT2D eigenvalue weighted by Crippen LogP contribution is 2.25. The van der Waals surface area contributed by atoms with E-state index < -0.39 is 0 Å². The first-order valence-corrected chi connectivity index (χ1v) is 4.45. The van der Waals surface area contributed by atoms with E-state index in [0.717, 1.165) is 18.8 Å². The molecule has 0 atom stereocenters. The summed E-state index contributed by atoms with van der Waals surface area (Å²) in [5.74, 6) is 0.953. The van der Waals surface area contributed by atoms with E-state index in [1.165, 1.54) is 12.8 Å². The maximum Gasteiger partial charge on any atom is 0.213 e. The van der Waals surface area contributed by atoms with Gasteiger partial charge in [-0.15, -0.1) is 0 Å². The Labute approximate surface area is 72.8 Å². The van der Waals surface area contributed by atoms with E-state index in [4.69, 9.17) is 10.9 Å². The molecule has 0 amide bonds. The predicted octanol–water partition coefficient (Wildman–Crippen LogP) is 0.859. The Bertz CT molecular complexity index is 162. The summed E-state index contributed by atoms with van der Waals surface area (Å²) in [5, 5.41) is 8.41. The lowest BCUT2D eigenvalue weighted by Gasteiger charge is -2.23. The third kappa shape index (κ3) is 2.70. The van der Waals surface area contributed by atoms with Crippen molar-refractivity contribution in [2.45, 2.75) is 38.6 Å². The number of nitrogens with two attached hydrogens (primary N) is 1. The predicted molar refractivity (Wildman–Crippen MR) is 48.0 cm³/mol. The van der Waals surface area contributed by atoms with E-state index in [0.29, 0.717) is 6.04 Å². The van der Waals surface area contributed by atoms with Crippen LogP contribution in [-0.4, -0.2) is 17.2 Å². The first-order chi connectivity index (χ1) is 5.72. The normalized spacial score (nSPS) is 31.7. The van der Waals surface area contributed by atoms with Crippen LogP contribution in [0.2, 0.25) is 0 Å². The molecule has 1 rings (SSSR count). The van der Waals surface area contributed by atoms with Crippen molar-refractivity contribution in [3.63, 3.8) is 0 Å². The second-order valence-corrected chi connectivity index (χ2v) is 3.54. The van der Waals surface area contributed by atoms with E-state index in [1.807, 2.05) is 5.48 Å². The van der Waals surface area contributed by atoms with Crippen LogP contribution in [0.5, 0.6) is 0 Å². The van der Waals surface area contributed by atoms with E-state index >= 15 is 0 Å². The van der Waals surface area contributed by atoms with E-state index in [9.17, 15) is 0 Å². The van der Waals surface area contributed by atoms with Gasteiger partial charge < -0.3 is 5.73 Å². The third-order valence-electron chi connectivity index (χ3n) is 2.42. The summed E-state index contributed by atoms with van der Waals surface area (Å²) in [7, 11) is 0. The molecule has 0 heterocycles. The smallest absolute Gasteiger partial charge is 0.213 e. The maximum absolute atomic E-state index is 8.41. The molecule has 0 aromatic carbocycles. The standard InChI is InChI=1S/C8H17N3O/c1-6-2-4-7(5-3-6)10-8(9)11-12/h6-7,12H,2-5H2,1H3,(H3,9,10,11). The first-order valence-electron chi connectivity index (χ1n) is 4.45.